The van der Waals surface area contributed by atoms with Crippen molar-refractivity contribution in [3.8, 4) is 17.3 Å². The number of rotatable bonds is 6. The van der Waals surface area contributed by atoms with Crippen molar-refractivity contribution < 1.29 is 14.3 Å². The lowest BCUT2D eigenvalue weighted by molar-refractivity contribution is 0.0984. The summed E-state index contributed by atoms with van der Waals surface area (Å²) in [4.78, 5) is 49.7. The zero-order chi connectivity index (χ0) is 28.2. The molecule has 200 valence electrons. The number of hydrogen-bond acceptors (Lipinski definition) is 6. The van der Waals surface area contributed by atoms with Gasteiger partial charge in [0.2, 0.25) is 11.8 Å². The van der Waals surface area contributed by atoms with Crippen LogP contribution in [-0.2, 0) is 7.05 Å². The van der Waals surface area contributed by atoms with Crippen molar-refractivity contribution >= 4 is 40.7 Å². The fourth-order valence-electron chi connectivity index (χ4n) is 4.87. The Kier molecular flexibility index (Phi) is 6.69. The molecule has 0 saturated carbocycles. The molecule has 1 aliphatic rings. The molecule has 3 aromatic heterocycles. The minimum Gasteiger partial charge on any atom is -0.480 e. The number of pyridine rings is 2. The number of amides is 2. The first-order valence-electron chi connectivity index (χ1n) is 11.9. The average molecular weight is 567 g/mol. The number of aromatic nitrogens is 4. The van der Waals surface area contributed by atoms with Crippen molar-refractivity contribution in [3.05, 3.63) is 91.7 Å². The number of imidazole rings is 1. The summed E-state index contributed by atoms with van der Waals surface area (Å²) in [6.07, 6.45) is 2.80. The number of halogens is 2. The van der Waals surface area contributed by atoms with Crippen LogP contribution in [0, 0.1) is 0 Å². The fourth-order valence-corrected chi connectivity index (χ4v) is 5.24. The van der Waals surface area contributed by atoms with Gasteiger partial charge in [-0.2, -0.15) is 0 Å². The second kappa shape index (κ2) is 9.87. The molecule has 0 saturated heterocycles. The molecule has 10 nitrogen and oxygen atoms in total. The van der Waals surface area contributed by atoms with Crippen LogP contribution in [0.4, 0.5) is 5.69 Å². The second-order valence-electron chi connectivity index (χ2n) is 9.37. The van der Waals surface area contributed by atoms with Crippen LogP contribution in [0.25, 0.3) is 11.4 Å². The van der Waals surface area contributed by atoms with Crippen LogP contribution < -0.4 is 20.9 Å². The highest BCUT2D eigenvalue weighted by Crippen LogP contribution is 2.45. The van der Waals surface area contributed by atoms with E-state index in [1.54, 1.807) is 31.3 Å². The SMILES string of the molecule is COc1ncc(C(N)=O)cc1-c1nc2c(n1C(C)C)C(c1ccc(Cl)cc1)N(c1cc(Cl)cn(C)c1=O)C2=O. The van der Waals surface area contributed by atoms with E-state index < -0.39 is 23.4 Å². The maximum atomic E-state index is 14.1. The van der Waals surface area contributed by atoms with Crippen LogP contribution in [0.5, 0.6) is 5.88 Å². The smallest absolute Gasteiger partial charge is 0.279 e. The maximum absolute atomic E-state index is 14.1. The third kappa shape index (κ3) is 4.35. The monoisotopic (exact) mass is 566 g/mol. The van der Waals surface area contributed by atoms with Gasteiger partial charge in [-0.15, -0.1) is 0 Å². The van der Waals surface area contributed by atoms with Gasteiger partial charge in [0.05, 0.1) is 29.0 Å². The Labute approximate surface area is 233 Å². The van der Waals surface area contributed by atoms with Crippen LogP contribution in [0.3, 0.4) is 0 Å². The van der Waals surface area contributed by atoms with Gasteiger partial charge in [0.1, 0.15) is 17.6 Å². The number of anilines is 1. The van der Waals surface area contributed by atoms with Crippen molar-refractivity contribution in [2.75, 3.05) is 12.0 Å². The number of primary amides is 1. The first-order chi connectivity index (χ1) is 18.5. The van der Waals surface area contributed by atoms with Gasteiger partial charge >= 0.3 is 0 Å². The van der Waals surface area contributed by atoms with Gasteiger partial charge in [-0.05, 0) is 43.7 Å². The highest BCUT2D eigenvalue weighted by atomic mass is 35.5. The lowest BCUT2D eigenvalue weighted by Gasteiger charge is -2.28. The molecular formula is C27H24Cl2N6O4. The molecular weight excluding hydrogens is 543 g/mol. The Hall–Kier alpha value is -4.15. The molecule has 39 heavy (non-hydrogen) atoms. The van der Waals surface area contributed by atoms with E-state index in [-0.39, 0.29) is 28.9 Å². The number of benzene rings is 1. The number of fused-ring (bicyclic) bond motifs is 1. The Morgan fingerprint density at radius 2 is 1.79 bits per heavy atom. The molecule has 4 heterocycles. The minimum atomic E-state index is -0.738. The van der Waals surface area contributed by atoms with Crippen molar-refractivity contribution in [3.63, 3.8) is 0 Å². The van der Waals surface area contributed by atoms with E-state index in [9.17, 15) is 14.4 Å². The molecule has 1 aliphatic heterocycles. The molecule has 2 N–H and O–H groups in total. The standard InChI is InChI=1S/C27H24Cl2N6O4/c1-13(2)34-22-20(32-24(34)18-9-15(23(30)36)11-31-25(18)39-4)27(38)35(19-10-17(29)12-33(3)26(19)37)21(22)14-5-7-16(28)8-6-14/h5-13,21H,1-4H3,(H2,30,36). The Balaban J connectivity index is 1.83. The van der Waals surface area contributed by atoms with Gasteiger partial charge in [0, 0.05) is 30.5 Å². The molecule has 1 aromatic carbocycles. The molecule has 0 aliphatic carbocycles. The van der Waals surface area contributed by atoms with E-state index >= 15 is 0 Å². The minimum absolute atomic E-state index is 0.111. The normalized spacial score (nSPS) is 14.7. The molecule has 12 heteroatoms. The highest BCUT2D eigenvalue weighted by molar-refractivity contribution is 6.31. The summed E-state index contributed by atoms with van der Waals surface area (Å²) < 4.78 is 8.68. The van der Waals surface area contributed by atoms with Crippen molar-refractivity contribution in [1.82, 2.24) is 19.1 Å². The molecule has 1 unspecified atom stereocenters. The van der Waals surface area contributed by atoms with Crippen LogP contribution >= 0.6 is 23.2 Å². The van der Waals surface area contributed by atoms with Crippen molar-refractivity contribution in [1.29, 1.82) is 0 Å². The van der Waals surface area contributed by atoms with E-state index in [0.717, 1.165) is 0 Å². The second-order valence-corrected chi connectivity index (χ2v) is 10.2. The van der Waals surface area contributed by atoms with Crippen LogP contribution in [0.15, 0.2) is 53.6 Å². The Morgan fingerprint density at radius 3 is 2.41 bits per heavy atom. The molecule has 0 spiro atoms. The summed E-state index contributed by atoms with van der Waals surface area (Å²) in [5.74, 6) is -0.572. The molecule has 2 amide bonds. The van der Waals surface area contributed by atoms with Gasteiger partial charge in [-0.3, -0.25) is 19.3 Å². The number of hydrogen-bond donors (Lipinski definition) is 1. The molecule has 0 fully saturated rings. The van der Waals surface area contributed by atoms with E-state index in [1.807, 2.05) is 18.4 Å². The number of nitrogens with zero attached hydrogens (tertiary/aromatic N) is 5. The van der Waals surface area contributed by atoms with E-state index in [2.05, 4.69) is 4.98 Å². The molecule has 0 radical (unpaired) electrons. The summed E-state index contributed by atoms with van der Waals surface area (Å²) in [7, 11) is 3.02. The average Bonchev–Trinajstić information content (AvgIpc) is 3.41. The van der Waals surface area contributed by atoms with E-state index in [1.165, 1.54) is 41.1 Å². The summed E-state index contributed by atoms with van der Waals surface area (Å²) in [5.41, 5.74) is 7.19. The Morgan fingerprint density at radius 1 is 1.10 bits per heavy atom. The molecule has 4 aromatic rings. The summed E-state index contributed by atoms with van der Waals surface area (Å²) >= 11 is 12.5. The van der Waals surface area contributed by atoms with Gasteiger partial charge in [-0.1, -0.05) is 35.3 Å². The zero-order valence-corrected chi connectivity index (χ0v) is 23.0. The lowest BCUT2D eigenvalue weighted by atomic mass is 10.0. The largest absolute Gasteiger partial charge is 0.480 e. The number of carbonyl (C=O) groups is 2. The number of methoxy groups -OCH3 is 1. The third-order valence-electron chi connectivity index (χ3n) is 6.55. The summed E-state index contributed by atoms with van der Waals surface area (Å²) in [6.45, 7) is 3.88. The predicted octanol–water partition coefficient (Wildman–Crippen LogP) is 4.39. The third-order valence-corrected chi connectivity index (χ3v) is 7.01. The van der Waals surface area contributed by atoms with Crippen molar-refractivity contribution in [2.45, 2.75) is 25.9 Å². The first kappa shape index (κ1) is 26.5. The number of nitrogens with two attached hydrogens (primary N) is 1. The Bertz CT molecular complexity index is 1690. The van der Waals surface area contributed by atoms with Gasteiger partial charge in [-0.25, -0.2) is 9.97 Å². The van der Waals surface area contributed by atoms with E-state index in [4.69, 9.17) is 38.7 Å². The summed E-state index contributed by atoms with van der Waals surface area (Å²) in [5, 5.41) is 0.816. The van der Waals surface area contributed by atoms with Crippen LogP contribution in [-0.4, -0.2) is 38.0 Å². The topological polar surface area (TPSA) is 125 Å². The van der Waals surface area contributed by atoms with E-state index in [0.29, 0.717) is 32.7 Å². The predicted molar refractivity (Wildman–Crippen MR) is 148 cm³/mol. The fraction of sp³-hybridized carbons (Fsp3) is 0.222. The number of carbonyl (C=O) groups excluding carboxylic acids is 2. The quantitative estimate of drug-likeness (QED) is 0.369. The molecule has 1 atom stereocenters. The van der Waals surface area contributed by atoms with Crippen LogP contribution in [0.2, 0.25) is 10.0 Å². The van der Waals surface area contributed by atoms with Crippen molar-refractivity contribution in [2.24, 2.45) is 12.8 Å². The number of aryl methyl sites for hydroxylation is 1. The number of ether oxygens (including phenoxy) is 1. The van der Waals surface area contributed by atoms with Gasteiger partial charge < -0.3 is 19.6 Å². The zero-order valence-electron chi connectivity index (χ0n) is 21.5. The summed E-state index contributed by atoms with van der Waals surface area (Å²) in [6, 6.07) is 9.09. The lowest BCUT2D eigenvalue weighted by Crippen LogP contribution is -2.36. The molecule has 0 bridgehead atoms. The van der Waals surface area contributed by atoms with Crippen LogP contribution in [0.1, 0.15) is 58.0 Å². The maximum Gasteiger partial charge on any atom is 0.279 e. The highest BCUT2D eigenvalue weighted by Gasteiger charge is 2.46. The molecule has 5 rings (SSSR count). The van der Waals surface area contributed by atoms with Gasteiger partial charge in [0.15, 0.2) is 5.69 Å². The first-order valence-corrected chi connectivity index (χ1v) is 12.7. The van der Waals surface area contributed by atoms with Gasteiger partial charge in [0.25, 0.3) is 11.5 Å².